The Morgan fingerprint density at radius 3 is 2.81 bits per heavy atom. The van der Waals surface area contributed by atoms with Crippen LogP contribution in [0.3, 0.4) is 0 Å². The van der Waals surface area contributed by atoms with E-state index in [0.29, 0.717) is 11.1 Å². The number of carboxylic acids is 1. The van der Waals surface area contributed by atoms with Crippen LogP contribution in [0.25, 0.3) is 0 Å². The molecule has 7 heteroatoms. The molecule has 1 N–H and O–H groups in total. The Morgan fingerprint density at radius 2 is 2.38 bits per heavy atom. The highest BCUT2D eigenvalue weighted by Gasteiger charge is 2.16. The Balaban J connectivity index is 2.87. The van der Waals surface area contributed by atoms with E-state index in [1.807, 2.05) is 0 Å². The Labute approximate surface area is 91.1 Å². The third-order valence-electron chi connectivity index (χ3n) is 1.87. The number of nitro groups is 1. The minimum atomic E-state index is -1.05. The number of allylic oxidation sites excluding steroid dienone is 1. The predicted octanol–water partition coefficient (Wildman–Crippen LogP) is 1.13. The number of rotatable bonds is 4. The average molecular weight is 225 g/mol. The number of carbonyl (C=O) groups is 1. The topological polar surface area (TPSA) is 98.3 Å². The molecule has 0 amide bonds. The first-order valence-corrected chi connectivity index (χ1v) is 4.48. The zero-order valence-electron chi connectivity index (χ0n) is 8.88. The number of carboxylic acid groups (broad SMARTS) is 1. The third-order valence-corrected chi connectivity index (χ3v) is 1.87. The van der Waals surface area contributed by atoms with Gasteiger partial charge in [0, 0.05) is 6.08 Å². The van der Waals surface area contributed by atoms with Crippen LogP contribution in [0, 0.1) is 17.0 Å². The Morgan fingerprint density at radius 1 is 1.75 bits per heavy atom. The normalized spacial score (nSPS) is 11.5. The van der Waals surface area contributed by atoms with Crippen LogP contribution in [0.2, 0.25) is 0 Å². The zero-order valence-corrected chi connectivity index (χ0v) is 8.88. The molecule has 0 aromatic carbocycles. The Hall–Kier alpha value is -2.18. The molecule has 0 atom stereocenters. The van der Waals surface area contributed by atoms with Crippen molar-refractivity contribution in [2.24, 2.45) is 0 Å². The molecule has 1 rings (SSSR count). The van der Waals surface area contributed by atoms with Gasteiger partial charge >= 0.3 is 11.8 Å². The maximum Gasteiger partial charge on any atom is 0.392 e. The Bertz CT molecular complexity index is 461. The van der Waals surface area contributed by atoms with E-state index < -0.39 is 10.9 Å². The minimum Gasteiger partial charge on any atom is -0.478 e. The number of nitrogens with zero attached hydrogens (tertiary/aromatic N) is 3. The van der Waals surface area contributed by atoms with Gasteiger partial charge in [-0.15, -0.1) is 0 Å². The van der Waals surface area contributed by atoms with Crippen molar-refractivity contribution >= 4 is 11.8 Å². The van der Waals surface area contributed by atoms with Crippen LogP contribution < -0.4 is 0 Å². The molecule has 0 aliphatic rings. The molecular formula is C9H11N3O4. The number of hydrogen-bond donors (Lipinski definition) is 1. The standard InChI is InChI=1S/C9H11N3O4/c1-6(3-8(13)14)4-11-5-7(2)9(10-11)12(15)16/h3,5H,4H2,1-2H3,(H,13,14). The average Bonchev–Trinajstić information content (AvgIpc) is 2.44. The smallest absolute Gasteiger partial charge is 0.392 e. The first-order chi connectivity index (χ1) is 7.40. The maximum absolute atomic E-state index is 10.5. The summed E-state index contributed by atoms with van der Waals surface area (Å²) in [6, 6.07) is 0. The van der Waals surface area contributed by atoms with Crippen molar-refractivity contribution in [2.75, 3.05) is 0 Å². The van der Waals surface area contributed by atoms with Crippen LogP contribution in [0.5, 0.6) is 0 Å². The van der Waals surface area contributed by atoms with Gasteiger partial charge in [0.05, 0.1) is 23.4 Å². The van der Waals surface area contributed by atoms with E-state index in [9.17, 15) is 14.9 Å². The minimum absolute atomic E-state index is 0.205. The molecule has 0 fully saturated rings. The van der Waals surface area contributed by atoms with Gasteiger partial charge in [-0.25, -0.2) is 4.79 Å². The van der Waals surface area contributed by atoms with Crippen molar-refractivity contribution < 1.29 is 14.8 Å². The van der Waals surface area contributed by atoms with E-state index in [4.69, 9.17) is 5.11 Å². The lowest BCUT2D eigenvalue weighted by atomic mass is 10.3. The lowest BCUT2D eigenvalue weighted by Crippen LogP contribution is -2.02. The lowest BCUT2D eigenvalue weighted by Gasteiger charge is -1.95. The zero-order chi connectivity index (χ0) is 12.3. The molecule has 16 heavy (non-hydrogen) atoms. The summed E-state index contributed by atoms with van der Waals surface area (Å²) < 4.78 is 1.35. The van der Waals surface area contributed by atoms with E-state index in [0.717, 1.165) is 6.08 Å². The SMILES string of the molecule is CC(=CC(=O)O)Cn1cc(C)c([N+](=O)[O-])n1. The van der Waals surface area contributed by atoms with E-state index in [-0.39, 0.29) is 12.4 Å². The van der Waals surface area contributed by atoms with Gasteiger partial charge in [0.15, 0.2) is 0 Å². The van der Waals surface area contributed by atoms with Gasteiger partial charge in [0.2, 0.25) is 0 Å². The van der Waals surface area contributed by atoms with Gasteiger partial charge < -0.3 is 15.2 Å². The second-order valence-electron chi connectivity index (χ2n) is 3.42. The first kappa shape index (κ1) is 11.9. The fourth-order valence-corrected chi connectivity index (χ4v) is 1.28. The van der Waals surface area contributed by atoms with Crippen LogP contribution in [0.1, 0.15) is 12.5 Å². The number of aryl methyl sites for hydroxylation is 1. The number of aliphatic carboxylic acids is 1. The summed E-state index contributed by atoms with van der Waals surface area (Å²) in [5.41, 5.74) is 1.01. The summed E-state index contributed by atoms with van der Waals surface area (Å²) in [5, 5.41) is 22.8. The molecule has 0 aliphatic carbocycles. The summed E-state index contributed by atoms with van der Waals surface area (Å²) in [7, 11) is 0. The maximum atomic E-state index is 10.5. The van der Waals surface area contributed by atoms with E-state index in [1.165, 1.54) is 10.9 Å². The molecule has 0 unspecified atom stereocenters. The largest absolute Gasteiger partial charge is 0.478 e. The summed E-state index contributed by atoms with van der Waals surface area (Å²) in [6.07, 6.45) is 2.56. The van der Waals surface area contributed by atoms with Gasteiger partial charge in [0.1, 0.15) is 0 Å². The highest BCUT2D eigenvalue weighted by atomic mass is 16.6. The van der Waals surface area contributed by atoms with Gasteiger partial charge in [0.25, 0.3) is 0 Å². The molecule has 0 bridgehead atoms. The summed E-state index contributed by atoms with van der Waals surface area (Å²) in [4.78, 5) is 20.3. The molecule has 1 heterocycles. The molecule has 0 saturated heterocycles. The quantitative estimate of drug-likeness (QED) is 0.470. The molecule has 1 aromatic rings. The second-order valence-corrected chi connectivity index (χ2v) is 3.42. The van der Waals surface area contributed by atoms with Crippen LogP contribution in [0.4, 0.5) is 5.82 Å². The summed E-state index contributed by atoms with van der Waals surface area (Å²) in [6.45, 7) is 3.43. The van der Waals surface area contributed by atoms with Gasteiger partial charge in [-0.2, -0.15) is 4.68 Å². The van der Waals surface area contributed by atoms with Crippen LogP contribution in [-0.2, 0) is 11.3 Å². The molecule has 7 nitrogen and oxygen atoms in total. The van der Waals surface area contributed by atoms with Gasteiger partial charge in [-0.3, -0.25) is 0 Å². The van der Waals surface area contributed by atoms with Crippen molar-refractivity contribution in [2.45, 2.75) is 20.4 Å². The fourth-order valence-electron chi connectivity index (χ4n) is 1.28. The van der Waals surface area contributed by atoms with Crippen LogP contribution >= 0.6 is 0 Å². The molecule has 0 spiro atoms. The van der Waals surface area contributed by atoms with Crippen molar-refractivity contribution in [1.29, 1.82) is 0 Å². The summed E-state index contributed by atoms with van der Waals surface area (Å²) >= 11 is 0. The molecule has 86 valence electrons. The summed E-state index contributed by atoms with van der Waals surface area (Å²) in [5.74, 6) is -1.25. The lowest BCUT2D eigenvalue weighted by molar-refractivity contribution is -0.390. The van der Waals surface area contributed by atoms with Gasteiger partial charge in [-0.1, -0.05) is 0 Å². The molecule has 1 aromatic heterocycles. The second kappa shape index (κ2) is 4.56. The highest BCUT2D eigenvalue weighted by Crippen LogP contribution is 2.14. The third kappa shape index (κ3) is 2.91. The Kier molecular flexibility index (Phi) is 3.39. The molecule has 0 radical (unpaired) electrons. The van der Waals surface area contributed by atoms with Crippen molar-refractivity contribution in [3.8, 4) is 0 Å². The monoisotopic (exact) mass is 225 g/mol. The first-order valence-electron chi connectivity index (χ1n) is 4.48. The van der Waals surface area contributed by atoms with Gasteiger partial charge in [-0.05, 0) is 24.3 Å². The van der Waals surface area contributed by atoms with E-state index in [1.54, 1.807) is 13.8 Å². The number of hydrogen-bond acceptors (Lipinski definition) is 4. The molecule has 0 aliphatic heterocycles. The molecule has 0 saturated carbocycles. The number of aromatic nitrogens is 2. The molecular weight excluding hydrogens is 214 g/mol. The van der Waals surface area contributed by atoms with Crippen LogP contribution in [0.15, 0.2) is 17.8 Å². The highest BCUT2D eigenvalue weighted by molar-refractivity contribution is 5.80. The van der Waals surface area contributed by atoms with Crippen molar-refractivity contribution in [1.82, 2.24) is 9.78 Å². The predicted molar refractivity (Wildman–Crippen MR) is 55.0 cm³/mol. The van der Waals surface area contributed by atoms with Crippen molar-refractivity contribution in [3.05, 3.63) is 33.5 Å². The van der Waals surface area contributed by atoms with Crippen LogP contribution in [-0.4, -0.2) is 25.8 Å². The van der Waals surface area contributed by atoms with E-state index >= 15 is 0 Å². The van der Waals surface area contributed by atoms with Crippen molar-refractivity contribution in [3.63, 3.8) is 0 Å². The fraction of sp³-hybridized carbons (Fsp3) is 0.333. The van der Waals surface area contributed by atoms with E-state index in [2.05, 4.69) is 5.10 Å².